The average molecular weight is 239 g/mol. The van der Waals surface area contributed by atoms with Crippen LogP contribution in [0.25, 0.3) is 0 Å². The number of aryl methyl sites for hydroxylation is 1. The van der Waals surface area contributed by atoms with Crippen molar-refractivity contribution in [3.05, 3.63) is 23.7 Å². The van der Waals surface area contributed by atoms with Crippen molar-refractivity contribution in [2.75, 3.05) is 0 Å². The van der Waals surface area contributed by atoms with Crippen LogP contribution in [-0.2, 0) is 4.79 Å². The molecule has 1 amide bonds. The fourth-order valence-corrected chi connectivity index (χ4v) is 1.47. The van der Waals surface area contributed by atoms with E-state index in [4.69, 9.17) is 9.52 Å². The van der Waals surface area contributed by atoms with Gasteiger partial charge in [-0.15, -0.1) is 0 Å². The molecule has 17 heavy (non-hydrogen) atoms. The summed E-state index contributed by atoms with van der Waals surface area (Å²) in [6.45, 7) is 5.40. The van der Waals surface area contributed by atoms with E-state index < -0.39 is 17.9 Å². The van der Waals surface area contributed by atoms with E-state index in [2.05, 4.69) is 5.32 Å². The van der Waals surface area contributed by atoms with Crippen LogP contribution in [0.3, 0.4) is 0 Å². The maximum atomic E-state index is 11.8. The van der Waals surface area contributed by atoms with E-state index in [0.717, 1.165) is 0 Å². The van der Waals surface area contributed by atoms with Gasteiger partial charge in [0.2, 0.25) is 0 Å². The molecule has 0 radical (unpaired) electrons. The highest BCUT2D eigenvalue weighted by molar-refractivity contribution is 5.96. The molecule has 1 unspecified atom stereocenters. The molecule has 0 saturated heterocycles. The van der Waals surface area contributed by atoms with Gasteiger partial charge in [0, 0.05) is 0 Å². The molecule has 2 atom stereocenters. The van der Waals surface area contributed by atoms with Crippen LogP contribution < -0.4 is 5.32 Å². The van der Waals surface area contributed by atoms with Crippen LogP contribution in [-0.4, -0.2) is 23.0 Å². The summed E-state index contributed by atoms with van der Waals surface area (Å²) >= 11 is 0. The minimum absolute atomic E-state index is 0.121. The third kappa shape index (κ3) is 3.34. The van der Waals surface area contributed by atoms with Gasteiger partial charge in [0.25, 0.3) is 5.91 Å². The van der Waals surface area contributed by atoms with Crippen LogP contribution in [0.2, 0.25) is 0 Å². The second kappa shape index (κ2) is 5.52. The molecule has 0 fully saturated rings. The molecule has 1 aromatic rings. The second-order valence-corrected chi connectivity index (χ2v) is 4.12. The zero-order valence-corrected chi connectivity index (χ0v) is 10.2. The molecule has 0 spiro atoms. The molecule has 5 nitrogen and oxygen atoms in total. The number of aliphatic carboxylic acids is 1. The molecule has 1 aromatic heterocycles. The van der Waals surface area contributed by atoms with Crippen LogP contribution in [0.1, 0.15) is 36.4 Å². The van der Waals surface area contributed by atoms with Gasteiger partial charge in [-0.25, -0.2) is 4.79 Å². The van der Waals surface area contributed by atoms with E-state index in [1.54, 1.807) is 19.9 Å². The Morgan fingerprint density at radius 2 is 2.18 bits per heavy atom. The summed E-state index contributed by atoms with van der Waals surface area (Å²) in [5.74, 6) is -0.947. The molecule has 2 N–H and O–H groups in total. The van der Waals surface area contributed by atoms with Crippen molar-refractivity contribution in [1.82, 2.24) is 5.32 Å². The van der Waals surface area contributed by atoms with Gasteiger partial charge in [-0.05, 0) is 18.9 Å². The molecule has 0 aliphatic heterocycles. The van der Waals surface area contributed by atoms with Gasteiger partial charge in [0.1, 0.15) is 18.1 Å². The van der Waals surface area contributed by atoms with E-state index in [0.29, 0.717) is 17.7 Å². The predicted molar refractivity (Wildman–Crippen MR) is 61.8 cm³/mol. The fraction of sp³-hybridized carbons (Fsp3) is 0.500. The smallest absolute Gasteiger partial charge is 0.326 e. The monoisotopic (exact) mass is 239 g/mol. The number of rotatable bonds is 5. The fourth-order valence-electron chi connectivity index (χ4n) is 1.47. The zero-order valence-electron chi connectivity index (χ0n) is 10.2. The number of carbonyl (C=O) groups is 2. The number of carbonyl (C=O) groups excluding carboxylic acids is 1. The van der Waals surface area contributed by atoms with E-state index in [-0.39, 0.29) is 5.92 Å². The first-order valence-corrected chi connectivity index (χ1v) is 5.54. The SMILES string of the molecule is CCC(C)[C@H](NC(=O)c1coc(C)c1)C(=O)O. The summed E-state index contributed by atoms with van der Waals surface area (Å²) < 4.78 is 5.01. The Morgan fingerprint density at radius 1 is 1.53 bits per heavy atom. The lowest BCUT2D eigenvalue weighted by molar-refractivity contribution is -0.140. The lowest BCUT2D eigenvalue weighted by atomic mass is 9.99. The van der Waals surface area contributed by atoms with Crippen LogP contribution in [0, 0.1) is 12.8 Å². The van der Waals surface area contributed by atoms with E-state index >= 15 is 0 Å². The highest BCUT2D eigenvalue weighted by Crippen LogP contribution is 2.11. The Hall–Kier alpha value is -1.78. The van der Waals surface area contributed by atoms with Gasteiger partial charge in [0.15, 0.2) is 0 Å². The largest absolute Gasteiger partial charge is 0.480 e. The molecule has 5 heteroatoms. The Balaban J connectivity index is 2.74. The molecular formula is C12H17NO4. The van der Waals surface area contributed by atoms with Gasteiger partial charge in [-0.3, -0.25) is 4.79 Å². The van der Waals surface area contributed by atoms with E-state index in [1.807, 2.05) is 6.92 Å². The second-order valence-electron chi connectivity index (χ2n) is 4.12. The Bertz CT molecular complexity index is 410. The quantitative estimate of drug-likeness (QED) is 0.821. The number of furan rings is 1. The van der Waals surface area contributed by atoms with Crippen molar-refractivity contribution >= 4 is 11.9 Å². The molecule has 94 valence electrons. The van der Waals surface area contributed by atoms with Gasteiger partial charge in [0.05, 0.1) is 5.56 Å². The molecular weight excluding hydrogens is 222 g/mol. The first kappa shape index (κ1) is 13.3. The number of hydrogen-bond donors (Lipinski definition) is 2. The van der Waals surface area contributed by atoms with E-state index in [9.17, 15) is 9.59 Å². The molecule has 0 aliphatic carbocycles. The molecule has 0 bridgehead atoms. The Morgan fingerprint density at radius 3 is 2.59 bits per heavy atom. The topological polar surface area (TPSA) is 79.5 Å². The maximum absolute atomic E-state index is 11.8. The van der Waals surface area contributed by atoms with Crippen LogP contribution in [0.5, 0.6) is 0 Å². The lowest BCUT2D eigenvalue weighted by Crippen LogP contribution is -2.44. The van der Waals surface area contributed by atoms with E-state index in [1.165, 1.54) is 6.26 Å². The summed E-state index contributed by atoms with van der Waals surface area (Å²) in [5.41, 5.74) is 0.344. The highest BCUT2D eigenvalue weighted by Gasteiger charge is 2.26. The lowest BCUT2D eigenvalue weighted by Gasteiger charge is -2.19. The van der Waals surface area contributed by atoms with Crippen LogP contribution in [0.15, 0.2) is 16.7 Å². The number of carboxylic acid groups (broad SMARTS) is 1. The van der Waals surface area contributed by atoms with Crippen molar-refractivity contribution in [1.29, 1.82) is 0 Å². The number of amides is 1. The standard InChI is InChI=1S/C12H17NO4/c1-4-7(2)10(12(15)16)13-11(14)9-5-8(3)17-6-9/h5-7,10H,4H2,1-3H3,(H,13,14)(H,15,16)/t7?,10-/m0/s1. The van der Waals surface area contributed by atoms with Crippen molar-refractivity contribution in [2.24, 2.45) is 5.92 Å². The minimum Gasteiger partial charge on any atom is -0.480 e. The summed E-state index contributed by atoms with van der Waals surface area (Å²) in [6, 6.07) is 0.702. The summed E-state index contributed by atoms with van der Waals surface area (Å²) in [4.78, 5) is 22.8. The highest BCUT2D eigenvalue weighted by atomic mass is 16.4. The van der Waals surface area contributed by atoms with Crippen LogP contribution >= 0.6 is 0 Å². The van der Waals surface area contributed by atoms with Crippen molar-refractivity contribution in [3.8, 4) is 0 Å². The molecule has 1 heterocycles. The van der Waals surface area contributed by atoms with Crippen molar-refractivity contribution in [3.63, 3.8) is 0 Å². The van der Waals surface area contributed by atoms with Crippen molar-refractivity contribution in [2.45, 2.75) is 33.2 Å². The maximum Gasteiger partial charge on any atom is 0.326 e. The summed E-state index contributed by atoms with van der Waals surface area (Å²) in [6.07, 6.45) is 2.00. The number of carboxylic acids is 1. The normalized spacial score (nSPS) is 14.1. The first-order chi connectivity index (χ1) is 7.95. The molecule has 0 aliphatic rings. The third-order valence-corrected chi connectivity index (χ3v) is 2.76. The summed E-state index contributed by atoms with van der Waals surface area (Å²) in [7, 11) is 0. The van der Waals surface area contributed by atoms with Gasteiger partial charge >= 0.3 is 5.97 Å². The first-order valence-electron chi connectivity index (χ1n) is 5.54. The predicted octanol–water partition coefficient (Wildman–Crippen LogP) is 1.82. The van der Waals surface area contributed by atoms with Crippen molar-refractivity contribution < 1.29 is 19.1 Å². The van der Waals surface area contributed by atoms with Crippen LogP contribution in [0.4, 0.5) is 0 Å². The third-order valence-electron chi connectivity index (χ3n) is 2.76. The van der Waals surface area contributed by atoms with Gasteiger partial charge in [-0.2, -0.15) is 0 Å². The van der Waals surface area contributed by atoms with Gasteiger partial charge < -0.3 is 14.8 Å². The zero-order chi connectivity index (χ0) is 13.0. The minimum atomic E-state index is -1.02. The Kier molecular flexibility index (Phi) is 4.31. The Labute approximate surface area is 99.8 Å². The molecule has 1 rings (SSSR count). The average Bonchev–Trinajstić information content (AvgIpc) is 2.71. The molecule has 0 saturated carbocycles. The molecule has 0 aromatic carbocycles. The number of nitrogens with one attached hydrogen (secondary N) is 1. The summed E-state index contributed by atoms with van der Waals surface area (Å²) in [5, 5.41) is 11.5. The number of hydrogen-bond acceptors (Lipinski definition) is 3. The van der Waals surface area contributed by atoms with Gasteiger partial charge in [-0.1, -0.05) is 20.3 Å².